The molecule has 0 radical (unpaired) electrons. The van der Waals surface area contributed by atoms with Crippen molar-refractivity contribution < 1.29 is 0 Å². The predicted octanol–water partition coefficient (Wildman–Crippen LogP) is 4.91. The van der Waals surface area contributed by atoms with Gasteiger partial charge in [0, 0.05) is 12.6 Å². The summed E-state index contributed by atoms with van der Waals surface area (Å²) in [5.41, 5.74) is 3.20. The summed E-state index contributed by atoms with van der Waals surface area (Å²) in [7, 11) is 0. The molecule has 23 heavy (non-hydrogen) atoms. The fraction of sp³-hybridized carbons (Fsp3) is 0.650. The van der Waals surface area contributed by atoms with Crippen molar-refractivity contribution in [3.05, 3.63) is 30.1 Å². The molecule has 2 fully saturated rings. The van der Waals surface area contributed by atoms with Gasteiger partial charge >= 0.3 is 0 Å². The minimum atomic E-state index is 0.420. The van der Waals surface area contributed by atoms with E-state index in [0.29, 0.717) is 22.9 Å². The second-order valence-electron chi connectivity index (χ2n) is 8.95. The topological polar surface area (TPSA) is 31.9 Å². The number of fused-ring (bicyclic) bond motifs is 3. The molecule has 2 bridgehead atoms. The zero-order chi connectivity index (χ0) is 16.2. The fourth-order valence-corrected chi connectivity index (χ4v) is 5.58. The molecule has 3 heteroatoms. The Balaban J connectivity index is 1.68. The lowest BCUT2D eigenvalue weighted by molar-refractivity contribution is 0.114. The van der Waals surface area contributed by atoms with Gasteiger partial charge in [-0.3, -0.25) is 4.90 Å². The van der Waals surface area contributed by atoms with Gasteiger partial charge in [-0.05, 0) is 48.6 Å². The van der Waals surface area contributed by atoms with Crippen LogP contribution in [-0.2, 0) is 0 Å². The van der Waals surface area contributed by atoms with Crippen LogP contribution < -0.4 is 0 Å². The maximum Gasteiger partial charge on any atom is 0.124 e. The number of nitrogens with one attached hydrogen (secondary N) is 1. The highest BCUT2D eigenvalue weighted by atomic mass is 15.2. The summed E-state index contributed by atoms with van der Waals surface area (Å²) in [4.78, 5) is 11.2. The molecule has 124 valence electrons. The first-order valence-corrected chi connectivity index (χ1v) is 9.10. The summed E-state index contributed by atoms with van der Waals surface area (Å²) in [6.07, 6.45) is 5.14. The molecule has 2 aromatic rings. The van der Waals surface area contributed by atoms with Crippen LogP contribution in [0.4, 0.5) is 0 Å². The Labute approximate surface area is 139 Å². The lowest BCUT2D eigenvalue weighted by Crippen LogP contribution is -2.36. The average Bonchev–Trinajstić information content (AvgIpc) is 2.97. The standard InChI is InChI=1S/C20H29N3/c1-5-17(18-21-15-8-6-7-9-16(15)22-18)23-13-20(4)11-14(23)10-19(2,3)12-20/h6-9,14,17H,5,10-13H2,1-4H3,(H,21,22). The van der Waals surface area contributed by atoms with Crippen LogP contribution in [0.25, 0.3) is 11.0 Å². The lowest BCUT2D eigenvalue weighted by atomic mass is 9.65. The second-order valence-corrected chi connectivity index (χ2v) is 8.95. The van der Waals surface area contributed by atoms with E-state index < -0.39 is 0 Å². The molecule has 1 aromatic heterocycles. The first-order valence-electron chi connectivity index (χ1n) is 9.10. The Morgan fingerprint density at radius 2 is 2.04 bits per heavy atom. The Morgan fingerprint density at radius 3 is 2.78 bits per heavy atom. The Hall–Kier alpha value is -1.35. The van der Waals surface area contributed by atoms with Crippen molar-refractivity contribution in [1.29, 1.82) is 0 Å². The van der Waals surface area contributed by atoms with Crippen molar-refractivity contribution in [3.8, 4) is 0 Å². The van der Waals surface area contributed by atoms with Crippen LogP contribution in [0, 0.1) is 10.8 Å². The summed E-state index contributed by atoms with van der Waals surface area (Å²) < 4.78 is 0. The van der Waals surface area contributed by atoms with Crippen LogP contribution in [0.15, 0.2) is 24.3 Å². The third-order valence-electron chi connectivity index (χ3n) is 5.97. The summed E-state index contributed by atoms with van der Waals surface area (Å²) in [5, 5.41) is 0. The molecule has 2 heterocycles. The molecule has 1 saturated heterocycles. The van der Waals surface area contributed by atoms with Crippen molar-refractivity contribution in [2.45, 2.75) is 65.5 Å². The number of hydrogen-bond acceptors (Lipinski definition) is 2. The number of para-hydroxylation sites is 2. The molecule has 1 aromatic carbocycles. The van der Waals surface area contributed by atoms with Gasteiger partial charge in [-0.2, -0.15) is 0 Å². The molecular formula is C20H29N3. The highest BCUT2D eigenvalue weighted by Crippen LogP contribution is 2.54. The third kappa shape index (κ3) is 2.59. The van der Waals surface area contributed by atoms with E-state index in [2.05, 4.69) is 61.8 Å². The molecule has 3 unspecified atom stereocenters. The summed E-state index contributed by atoms with van der Waals surface area (Å²) in [5.74, 6) is 1.16. The largest absolute Gasteiger partial charge is 0.341 e. The number of likely N-dealkylation sites (tertiary alicyclic amines) is 1. The normalized spacial score (nSPS) is 31.6. The van der Waals surface area contributed by atoms with Gasteiger partial charge in [-0.15, -0.1) is 0 Å². The molecular weight excluding hydrogens is 282 g/mol. The van der Waals surface area contributed by atoms with Gasteiger partial charge in [0.25, 0.3) is 0 Å². The number of H-pyrrole nitrogens is 1. The number of hydrogen-bond donors (Lipinski definition) is 1. The highest BCUT2D eigenvalue weighted by Gasteiger charge is 2.51. The van der Waals surface area contributed by atoms with Crippen LogP contribution in [-0.4, -0.2) is 27.5 Å². The maximum absolute atomic E-state index is 4.90. The zero-order valence-corrected chi connectivity index (χ0v) is 14.9. The lowest BCUT2D eigenvalue weighted by Gasteiger charge is -2.40. The fourth-order valence-electron chi connectivity index (χ4n) is 5.58. The van der Waals surface area contributed by atoms with Gasteiger partial charge in [-0.1, -0.05) is 39.8 Å². The summed E-state index contributed by atoms with van der Waals surface area (Å²) in [6, 6.07) is 9.52. The van der Waals surface area contributed by atoms with Crippen molar-refractivity contribution in [2.75, 3.05) is 6.54 Å². The molecule has 3 atom stereocenters. The maximum atomic E-state index is 4.90. The third-order valence-corrected chi connectivity index (χ3v) is 5.97. The number of rotatable bonds is 3. The first kappa shape index (κ1) is 15.2. The number of benzene rings is 1. The molecule has 4 rings (SSSR count). The Kier molecular flexibility index (Phi) is 3.35. The van der Waals surface area contributed by atoms with E-state index in [0.717, 1.165) is 23.3 Å². The molecule has 1 aliphatic heterocycles. The minimum absolute atomic E-state index is 0.420. The molecule has 0 spiro atoms. The van der Waals surface area contributed by atoms with Gasteiger partial charge in [-0.25, -0.2) is 4.98 Å². The van der Waals surface area contributed by atoms with Crippen LogP contribution >= 0.6 is 0 Å². The van der Waals surface area contributed by atoms with Crippen LogP contribution in [0.3, 0.4) is 0 Å². The monoisotopic (exact) mass is 311 g/mol. The number of nitrogens with zero attached hydrogens (tertiary/aromatic N) is 2. The van der Waals surface area contributed by atoms with E-state index >= 15 is 0 Å². The van der Waals surface area contributed by atoms with E-state index in [-0.39, 0.29) is 0 Å². The van der Waals surface area contributed by atoms with E-state index in [1.54, 1.807) is 0 Å². The average molecular weight is 311 g/mol. The van der Waals surface area contributed by atoms with E-state index in [1.807, 2.05) is 0 Å². The molecule has 0 amide bonds. The van der Waals surface area contributed by atoms with E-state index in [9.17, 15) is 0 Å². The quantitative estimate of drug-likeness (QED) is 0.873. The number of imidazole rings is 1. The zero-order valence-electron chi connectivity index (χ0n) is 14.9. The highest BCUT2D eigenvalue weighted by molar-refractivity contribution is 5.74. The van der Waals surface area contributed by atoms with E-state index in [1.165, 1.54) is 25.8 Å². The van der Waals surface area contributed by atoms with Crippen LogP contribution in [0.2, 0.25) is 0 Å². The minimum Gasteiger partial charge on any atom is -0.341 e. The predicted molar refractivity (Wildman–Crippen MR) is 95.4 cm³/mol. The van der Waals surface area contributed by atoms with Crippen molar-refractivity contribution in [2.24, 2.45) is 10.8 Å². The van der Waals surface area contributed by atoms with Crippen molar-refractivity contribution in [3.63, 3.8) is 0 Å². The number of aromatic amines is 1. The molecule has 1 N–H and O–H groups in total. The van der Waals surface area contributed by atoms with E-state index in [4.69, 9.17) is 4.98 Å². The van der Waals surface area contributed by atoms with Crippen LogP contribution in [0.1, 0.15) is 65.2 Å². The first-order chi connectivity index (χ1) is 10.9. The number of aromatic nitrogens is 2. The van der Waals surface area contributed by atoms with Crippen molar-refractivity contribution in [1.82, 2.24) is 14.9 Å². The molecule has 3 nitrogen and oxygen atoms in total. The molecule has 1 saturated carbocycles. The molecule has 1 aliphatic carbocycles. The van der Waals surface area contributed by atoms with Gasteiger partial charge in [0.2, 0.25) is 0 Å². The smallest absolute Gasteiger partial charge is 0.124 e. The SMILES string of the molecule is CCC(c1nc2ccccc2[nH]1)N1CC2(C)CC1CC(C)(C)C2. The van der Waals surface area contributed by atoms with Gasteiger partial charge < -0.3 is 4.98 Å². The van der Waals surface area contributed by atoms with Crippen molar-refractivity contribution >= 4 is 11.0 Å². The summed E-state index contributed by atoms with van der Waals surface area (Å²) >= 11 is 0. The van der Waals surface area contributed by atoms with Gasteiger partial charge in [0.15, 0.2) is 0 Å². The Bertz CT molecular complexity index is 684. The molecule has 2 aliphatic rings. The second kappa shape index (κ2) is 5.07. The summed E-state index contributed by atoms with van der Waals surface area (Å²) in [6.45, 7) is 10.9. The van der Waals surface area contributed by atoms with Crippen LogP contribution in [0.5, 0.6) is 0 Å². The Morgan fingerprint density at radius 1 is 1.26 bits per heavy atom. The van der Waals surface area contributed by atoms with Gasteiger partial charge in [0.05, 0.1) is 17.1 Å². The van der Waals surface area contributed by atoms with Gasteiger partial charge in [0.1, 0.15) is 5.82 Å².